The molecule has 4 heterocycles. The third kappa shape index (κ3) is 4.47. The number of phenolic OH excluding ortho intramolecular Hbond substituents is 1. The van der Waals surface area contributed by atoms with Gasteiger partial charge in [0.25, 0.3) is 0 Å². The second kappa shape index (κ2) is 9.07. The van der Waals surface area contributed by atoms with Crippen molar-refractivity contribution in [3.05, 3.63) is 54.0 Å². The first-order valence-corrected chi connectivity index (χ1v) is 11.3. The summed E-state index contributed by atoms with van der Waals surface area (Å²) in [4.78, 5) is 9.34. The van der Waals surface area contributed by atoms with Crippen molar-refractivity contribution in [2.45, 2.75) is 45.3 Å². The van der Waals surface area contributed by atoms with E-state index in [2.05, 4.69) is 44.6 Å². The molecule has 3 N–H and O–H groups in total. The maximum Gasteiger partial charge on any atom is 0.322 e. The van der Waals surface area contributed by atoms with E-state index in [1.807, 2.05) is 24.5 Å². The molecule has 1 aliphatic rings. The molecule has 4 aromatic rings. The number of ether oxygens (including phenoxy) is 1. The zero-order valence-electron chi connectivity index (χ0n) is 18.8. The fraction of sp³-hybridized carbons (Fsp3) is 0.391. The number of rotatable bonds is 7. The van der Waals surface area contributed by atoms with Gasteiger partial charge in [-0.3, -0.25) is 0 Å². The molecule has 10 nitrogen and oxygen atoms in total. The second-order valence-corrected chi connectivity index (χ2v) is 8.52. The molecule has 0 radical (unpaired) electrons. The summed E-state index contributed by atoms with van der Waals surface area (Å²) in [6, 6.07) is 7.41. The van der Waals surface area contributed by atoms with Crippen molar-refractivity contribution in [1.29, 1.82) is 0 Å². The average Bonchev–Trinajstić information content (AvgIpc) is 3.49. The summed E-state index contributed by atoms with van der Waals surface area (Å²) >= 11 is 0. The monoisotopic (exact) mass is 448 g/mol. The summed E-state index contributed by atoms with van der Waals surface area (Å²) in [5, 5.41) is 25.6. The number of fused-ring (bicyclic) bond motifs is 1. The Hall–Kier alpha value is -3.66. The number of phenols is 1. The summed E-state index contributed by atoms with van der Waals surface area (Å²) in [6.45, 7) is 6.48. The summed E-state index contributed by atoms with van der Waals surface area (Å²) in [5.41, 5.74) is 3.50. The Kier molecular flexibility index (Phi) is 5.82. The van der Waals surface area contributed by atoms with Gasteiger partial charge >= 0.3 is 6.01 Å². The number of hydrogen-bond acceptors (Lipinski definition) is 8. The molecule has 1 fully saturated rings. The molecule has 3 aromatic heterocycles. The highest BCUT2D eigenvalue weighted by Gasteiger charge is 2.20. The predicted molar refractivity (Wildman–Crippen MR) is 124 cm³/mol. The lowest BCUT2D eigenvalue weighted by molar-refractivity contribution is 0.153. The standard InChI is InChI=1S/C23H28N8O2/c1-15(2)19-14-27-31-21(19)28-23(33-18-5-3-8-24-13-18)29-22(31)25-12-16-6-7-17(32)11-20(16)30-10-4-9-26-30/h4,6-7,9-11,14-15,18,24,32H,3,5,8,12-13H2,1-2H3,(H,25,28,29). The van der Waals surface area contributed by atoms with Gasteiger partial charge in [0.05, 0.1) is 11.9 Å². The van der Waals surface area contributed by atoms with Crippen molar-refractivity contribution in [2.24, 2.45) is 0 Å². The van der Waals surface area contributed by atoms with Gasteiger partial charge in [0, 0.05) is 37.1 Å². The van der Waals surface area contributed by atoms with E-state index in [1.165, 1.54) is 0 Å². The topological polar surface area (TPSA) is 114 Å². The fourth-order valence-corrected chi connectivity index (χ4v) is 4.02. The highest BCUT2D eigenvalue weighted by molar-refractivity contribution is 5.54. The Labute approximate surface area is 191 Å². The molecule has 172 valence electrons. The predicted octanol–water partition coefficient (Wildman–Crippen LogP) is 2.88. The maximum atomic E-state index is 9.99. The van der Waals surface area contributed by atoms with Gasteiger partial charge in [-0.25, -0.2) is 4.68 Å². The van der Waals surface area contributed by atoms with E-state index < -0.39 is 0 Å². The van der Waals surface area contributed by atoms with Crippen molar-refractivity contribution < 1.29 is 9.84 Å². The minimum Gasteiger partial charge on any atom is -0.508 e. The first kappa shape index (κ1) is 21.2. The van der Waals surface area contributed by atoms with Gasteiger partial charge in [0.15, 0.2) is 5.65 Å². The highest BCUT2D eigenvalue weighted by atomic mass is 16.5. The summed E-state index contributed by atoms with van der Waals surface area (Å²) in [5.74, 6) is 0.988. The van der Waals surface area contributed by atoms with Crippen LogP contribution in [-0.2, 0) is 6.54 Å². The minimum absolute atomic E-state index is 0.0444. The molecule has 33 heavy (non-hydrogen) atoms. The average molecular weight is 449 g/mol. The molecule has 1 aromatic carbocycles. The zero-order valence-corrected chi connectivity index (χ0v) is 18.8. The van der Waals surface area contributed by atoms with E-state index >= 15 is 0 Å². The van der Waals surface area contributed by atoms with Crippen LogP contribution in [0, 0.1) is 0 Å². The molecular formula is C23H28N8O2. The first-order valence-electron chi connectivity index (χ1n) is 11.3. The van der Waals surface area contributed by atoms with Crippen LogP contribution in [0.15, 0.2) is 42.9 Å². The van der Waals surface area contributed by atoms with E-state index in [1.54, 1.807) is 27.5 Å². The number of aromatic nitrogens is 6. The smallest absolute Gasteiger partial charge is 0.322 e. The molecule has 0 saturated carbocycles. The Morgan fingerprint density at radius 3 is 2.94 bits per heavy atom. The summed E-state index contributed by atoms with van der Waals surface area (Å²) in [7, 11) is 0. The van der Waals surface area contributed by atoms with Gasteiger partial charge in [-0.05, 0) is 43.0 Å². The van der Waals surface area contributed by atoms with Crippen LogP contribution >= 0.6 is 0 Å². The molecular weight excluding hydrogens is 420 g/mol. The Bertz CT molecular complexity index is 1230. The van der Waals surface area contributed by atoms with Crippen molar-refractivity contribution >= 4 is 11.6 Å². The molecule has 1 saturated heterocycles. The van der Waals surface area contributed by atoms with Gasteiger partial charge in [-0.2, -0.15) is 24.7 Å². The molecule has 0 spiro atoms. The number of hydrogen-bond donors (Lipinski definition) is 3. The van der Waals surface area contributed by atoms with Crippen molar-refractivity contribution in [1.82, 2.24) is 34.7 Å². The van der Waals surface area contributed by atoms with Crippen molar-refractivity contribution in [2.75, 3.05) is 18.4 Å². The zero-order chi connectivity index (χ0) is 22.8. The van der Waals surface area contributed by atoms with Gasteiger partial charge < -0.3 is 20.5 Å². The molecule has 1 unspecified atom stereocenters. The maximum absolute atomic E-state index is 9.99. The number of nitrogens with zero attached hydrogens (tertiary/aromatic N) is 6. The third-order valence-corrected chi connectivity index (χ3v) is 5.78. The van der Waals surface area contributed by atoms with Crippen LogP contribution in [0.2, 0.25) is 0 Å². The van der Waals surface area contributed by atoms with E-state index in [0.29, 0.717) is 18.5 Å². The summed E-state index contributed by atoms with van der Waals surface area (Å²) in [6.07, 6.45) is 7.47. The normalized spacial score (nSPS) is 16.4. The van der Waals surface area contributed by atoms with E-state index in [4.69, 9.17) is 4.74 Å². The van der Waals surface area contributed by atoms with Crippen LogP contribution < -0.4 is 15.4 Å². The lowest BCUT2D eigenvalue weighted by atomic mass is 10.1. The van der Waals surface area contributed by atoms with Crippen LogP contribution in [0.1, 0.15) is 43.7 Å². The molecule has 1 aliphatic heterocycles. The van der Waals surface area contributed by atoms with Crippen LogP contribution in [0.25, 0.3) is 11.3 Å². The van der Waals surface area contributed by atoms with Gasteiger partial charge in [0.2, 0.25) is 5.95 Å². The molecule has 10 heteroatoms. The SMILES string of the molecule is CC(C)c1cnn2c(NCc3ccc(O)cc3-n3cccn3)nc(OC3CCCNC3)nc12. The largest absolute Gasteiger partial charge is 0.508 e. The van der Waals surface area contributed by atoms with E-state index in [9.17, 15) is 5.11 Å². The lowest BCUT2D eigenvalue weighted by Gasteiger charge is -2.23. The lowest BCUT2D eigenvalue weighted by Crippen LogP contribution is -2.37. The third-order valence-electron chi connectivity index (χ3n) is 5.78. The number of anilines is 1. The van der Waals surface area contributed by atoms with Gasteiger partial charge in [-0.1, -0.05) is 19.9 Å². The molecule has 0 aliphatic carbocycles. The quantitative estimate of drug-likeness (QED) is 0.395. The number of nitrogens with one attached hydrogen (secondary N) is 2. The van der Waals surface area contributed by atoms with Crippen LogP contribution in [0.4, 0.5) is 5.95 Å². The van der Waals surface area contributed by atoms with Gasteiger partial charge in [-0.15, -0.1) is 0 Å². The van der Waals surface area contributed by atoms with Crippen molar-refractivity contribution in [3.8, 4) is 17.4 Å². The van der Waals surface area contributed by atoms with E-state index in [0.717, 1.165) is 48.4 Å². The minimum atomic E-state index is 0.0444. The van der Waals surface area contributed by atoms with Crippen LogP contribution in [0.3, 0.4) is 0 Å². The fourth-order valence-electron chi connectivity index (χ4n) is 4.02. The number of piperidine rings is 1. The molecule has 0 bridgehead atoms. The molecule has 0 amide bonds. The molecule has 5 rings (SSSR count). The van der Waals surface area contributed by atoms with Crippen LogP contribution in [0.5, 0.6) is 11.8 Å². The molecule has 1 atom stereocenters. The highest BCUT2D eigenvalue weighted by Crippen LogP contribution is 2.25. The second-order valence-electron chi connectivity index (χ2n) is 8.52. The van der Waals surface area contributed by atoms with Crippen LogP contribution in [-0.4, -0.2) is 53.7 Å². The Balaban J connectivity index is 1.47. The Morgan fingerprint density at radius 1 is 1.27 bits per heavy atom. The number of aromatic hydroxyl groups is 1. The summed E-state index contributed by atoms with van der Waals surface area (Å²) < 4.78 is 9.59. The Morgan fingerprint density at radius 2 is 2.18 bits per heavy atom. The van der Waals surface area contributed by atoms with Gasteiger partial charge in [0.1, 0.15) is 11.9 Å². The first-order chi connectivity index (χ1) is 16.1. The van der Waals surface area contributed by atoms with E-state index in [-0.39, 0.29) is 17.8 Å². The van der Waals surface area contributed by atoms with Crippen molar-refractivity contribution in [3.63, 3.8) is 0 Å². The number of benzene rings is 1.